The molecule has 2 nitrogen and oxygen atoms in total. The van der Waals surface area contributed by atoms with Crippen LogP contribution in [0.3, 0.4) is 0 Å². The van der Waals surface area contributed by atoms with E-state index in [0.29, 0.717) is 5.02 Å². The molecule has 1 atom stereocenters. The number of halogens is 1. The molecule has 0 spiro atoms. The van der Waals surface area contributed by atoms with Crippen LogP contribution in [0.15, 0.2) is 12.1 Å². The van der Waals surface area contributed by atoms with Crippen molar-refractivity contribution < 1.29 is 4.79 Å². The van der Waals surface area contributed by atoms with Crippen molar-refractivity contribution in [2.24, 2.45) is 0 Å². The maximum absolute atomic E-state index is 12.6. The molecule has 0 heterocycles. The zero-order valence-electron chi connectivity index (χ0n) is 13.4. The van der Waals surface area contributed by atoms with Crippen molar-refractivity contribution in [1.82, 2.24) is 0 Å². The molecule has 0 aliphatic rings. The number of hydrogen-bond donors (Lipinski definition) is 1. The molecule has 0 aliphatic heterocycles. The van der Waals surface area contributed by atoms with Crippen LogP contribution in [0, 0.1) is 13.8 Å². The monoisotopic (exact) mass is 315 g/mol. The van der Waals surface area contributed by atoms with Crippen LogP contribution in [0.25, 0.3) is 0 Å². The molecule has 0 saturated heterocycles. The van der Waals surface area contributed by atoms with Crippen LogP contribution in [-0.4, -0.2) is 31.6 Å². The van der Waals surface area contributed by atoms with E-state index in [-0.39, 0.29) is 11.6 Å². The predicted molar refractivity (Wildman–Crippen MR) is 94.3 cm³/mol. The van der Waals surface area contributed by atoms with Crippen molar-refractivity contribution in [1.29, 1.82) is 0 Å². The quantitative estimate of drug-likeness (QED) is 0.784. The SMILES string of the molecule is CCCC(C(=O)Nc1c(C)cc(Cl)cc1C)[PH](C)(C)C. The maximum atomic E-state index is 12.6. The van der Waals surface area contributed by atoms with Gasteiger partial charge in [0.05, 0.1) is 0 Å². The molecule has 0 aromatic heterocycles. The molecule has 0 aliphatic carbocycles. The summed E-state index contributed by atoms with van der Waals surface area (Å²) >= 11 is 6.04. The van der Waals surface area contributed by atoms with E-state index < -0.39 is 7.26 Å². The van der Waals surface area contributed by atoms with Crippen molar-refractivity contribution >= 4 is 30.5 Å². The Kier molecular flexibility index (Phi) is 6.04. The second-order valence-electron chi connectivity index (χ2n) is 6.61. The molecule has 1 rings (SSSR count). The summed E-state index contributed by atoms with van der Waals surface area (Å²) in [5, 5.41) is 3.85. The summed E-state index contributed by atoms with van der Waals surface area (Å²) in [6.07, 6.45) is 2.01. The second kappa shape index (κ2) is 6.91. The number of benzene rings is 1. The Morgan fingerprint density at radius 3 is 2.15 bits per heavy atom. The van der Waals surface area contributed by atoms with Crippen molar-refractivity contribution in [3.8, 4) is 0 Å². The summed E-state index contributed by atoms with van der Waals surface area (Å²) in [6, 6.07) is 3.79. The van der Waals surface area contributed by atoms with E-state index in [1.807, 2.05) is 26.0 Å². The molecule has 1 N–H and O–H groups in total. The number of nitrogens with one attached hydrogen (secondary N) is 1. The number of amides is 1. The molecule has 0 saturated carbocycles. The zero-order valence-corrected chi connectivity index (χ0v) is 15.2. The van der Waals surface area contributed by atoms with Crippen molar-refractivity contribution in [2.75, 3.05) is 25.3 Å². The van der Waals surface area contributed by atoms with E-state index in [9.17, 15) is 4.79 Å². The fourth-order valence-corrected chi connectivity index (χ4v) is 4.90. The number of hydrogen-bond acceptors (Lipinski definition) is 1. The average molecular weight is 316 g/mol. The molecule has 1 aromatic rings. The number of aryl methyl sites for hydroxylation is 2. The van der Waals surface area contributed by atoms with Crippen molar-refractivity contribution in [3.63, 3.8) is 0 Å². The predicted octanol–water partition coefficient (Wildman–Crippen LogP) is 4.70. The topological polar surface area (TPSA) is 29.1 Å². The summed E-state index contributed by atoms with van der Waals surface area (Å²) in [5.74, 6) is 0.166. The Morgan fingerprint density at radius 1 is 1.25 bits per heavy atom. The third kappa shape index (κ3) is 4.46. The zero-order chi connectivity index (χ0) is 15.5. The Balaban J connectivity index is 3.00. The molecule has 1 aromatic carbocycles. The molecule has 0 bridgehead atoms. The van der Waals surface area contributed by atoms with E-state index in [0.717, 1.165) is 29.7 Å². The standard InChI is InChI=1S/C16H27ClNOP/c1-7-8-14(20(4,5)6)16(19)18-15-11(2)9-13(17)10-12(15)3/h9-10,14,20H,7-8H2,1-6H3,(H,18,19). The molecule has 114 valence electrons. The Labute approximate surface area is 128 Å². The summed E-state index contributed by atoms with van der Waals surface area (Å²) in [7, 11) is -1.51. The van der Waals surface area contributed by atoms with Gasteiger partial charge in [0.15, 0.2) is 0 Å². The van der Waals surface area contributed by atoms with Gasteiger partial charge in [-0.1, -0.05) is 0 Å². The first-order valence-corrected chi connectivity index (χ1v) is 11.2. The average Bonchev–Trinajstić information content (AvgIpc) is 2.28. The van der Waals surface area contributed by atoms with Crippen molar-refractivity contribution in [3.05, 3.63) is 28.3 Å². The third-order valence-corrected chi connectivity index (χ3v) is 6.54. The fraction of sp³-hybridized carbons (Fsp3) is 0.562. The molecular formula is C16H27ClNOP. The van der Waals surface area contributed by atoms with Gasteiger partial charge in [-0.3, -0.25) is 0 Å². The van der Waals surface area contributed by atoms with E-state index >= 15 is 0 Å². The number of carbonyl (C=O) groups excluding carboxylic acids is 1. The van der Waals surface area contributed by atoms with Crippen LogP contribution in [-0.2, 0) is 4.79 Å². The van der Waals surface area contributed by atoms with Crippen LogP contribution in [0.4, 0.5) is 5.69 Å². The second-order valence-corrected chi connectivity index (χ2v) is 12.5. The summed E-state index contributed by atoms with van der Waals surface area (Å²) in [4.78, 5) is 12.6. The van der Waals surface area contributed by atoms with Crippen LogP contribution in [0.1, 0.15) is 30.9 Å². The number of rotatable bonds is 5. The number of carbonyl (C=O) groups is 1. The molecule has 0 radical (unpaired) electrons. The Bertz CT molecular complexity index is 471. The van der Waals surface area contributed by atoms with E-state index in [1.54, 1.807) is 0 Å². The van der Waals surface area contributed by atoms with E-state index in [1.165, 1.54) is 0 Å². The normalized spacial score (nSPS) is 13.9. The van der Waals surface area contributed by atoms with Crippen LogP contribution in [0.5, 0.6) is 0 Å². The van der Waals surface area contributed by atoms with Gasteiger partial charge in [-0.2, -0.15) is 0 Å². The van der Waals surface area contributed by atoms with Gasteiger partial charge >= 0.3 is 128 Å². The molecule has 4 heteroatoms. The van der Waals surface area contributed by atoms with Gasteiger partial charge in [-0.15, -0.1) is 0 Å². The van der Waals surface area contributed by atoms with Crippen LogP contribution < -0.4 is 5.32 Å². The molecule has 1 unspecified atom stereocenters. The van der Waals surface area contributed by atoms with Gasteiger partial charge in [-0.05, 0) is 0 Å². The van der Waals surface area contributed by atoms with Gasteiger partial charge in [0.1, 0.15) is 0 Å². The van der Waals surface area contributed by atoms with Crippen LogP contribution in [0.2, 0.25) is 5.02 Å². The summed E-state index contributed by atoms with van der Waals surface area (Å²) in [5.41, 5.74) is 3.11. The van der Waals surface area contributed by atoms with Crippen LogP contribution >= 0.6 is 18.9 Å². The fourth-order valence-electron chi connectivity index (χ4n) is 2.56. The van der Waals surface area contributed by atoms with Gasteiger partial charge in [0.25, 0.3) is 0 Å². The first kappa shape index (κ1) is 17.5. The summed E-state index contributed by atoms with van der Waals surface area (Å²) < 4.78 is 0. The Morgan fingerprint density at radius 2 is 1.75 bits per heavy atom. The van der Waals surface area contributed by atoms with Gasteiger partial charge in [0, 0.05) is 0 Å². The van der Waals surface area contributed by atoms with E-state index in [4.69, 9.17) is 11.6 Å². The molecule has 20 heavy (non-hydrogen) atoms. The Hall–Kier alpha value is -0.590. The number of anilines is 1. The van der Waals surface area contributed by atoms with E-state index in [2.05, 4.69) is 32.2 Å². The van der Waals surface area contributed by atoms with Gasteiger partial charge < -0.3 is 0 Å². The third-order valence-electron chi connectivity index (χ3n) is 3.68. The first-order valence-electron chi connectivity index (χ1n) is 7.24. The van der Waals surface area contributed by atoms with Gasteiger partial charge in [-0.25, -0.2) is 0 Å². The van der Waals surface area contributed by atoms with Crippen molar-refractivity contribution in [2.45, 2.75) is 39.3 Å². The molecule has 0 fully saturated rings. The minimum atomic E-state index is -1.51. The minimum absolute atomic E-state index is 0.155. The molecular weight excluding hydrogens is 289 g/mol. The molecule has 1 amide bonds. The summed E-state index contributed by atoms with van der Waals surface area (Å²) in [6.45, 7) is 12.9. The first-order chi connectivity index (χ1) is 9.16. The van der Waals surface area contributed by atoms with Gasteiger partial charge in [0.2, 0.25) is 0 Å².